The highest BCUT2D eigenvalue weighted by molar-refractivity contribution is 5.78. The van der Waals surface area contributed by atoms with Crippen LogP contribution in [0.4, 0.5) is 13.2 Å². The zero-order chi connectivity index (χ0) is 20.9. The molecule has 0 atom stereocenters. The fourth-order valence-electron chi connectivity index (χ4n) is 2.33. The van der Waals surface area contributed by atoms with Crippen molar-refractivity contribution < 1.29 is 33.2 Å². The number of aliphatic carboxylic acids is 1. The first kappa shape index (κ1) is 20.9. The summed E-state index contributed by atoms with van der Waals surface area (Å²) in [6.07, 6.45) is -5.19. The van der Waals surface area contributed by atoms with Gasteiger partial charge in [-0.1, -0.05) is 36.4 Å². The molecule has 28 heavy (non-hydrogen) atoms. The second-order valence-electron chi connectivity index (χ2n) is 5.61. The van der Waals surface area contributed by atoms with Gasteiger partial charge >= 0.3 is 17.6 Å². The Kier molecular flexibility index (Phi) is 6.37. The van der Waals surface area contributed by atoms with E-state index >= 15 is 0 Å². The zero-order valence-corrected chi connectivity index (χ0v) is 14.4. The van der Waals surface area contributed by atoms with Crippen LogP contribution in [0, 0.1) is 0 Å². The van der Waals surface area contributed by atoms with E-state index in [1.165, 1.54) is 4.57 Å². The quantitative estimate of drug-likeness (QED) is 0.671. The van der Waals surface area contributed by atoms with Crippen molar-refractivity contribution in [3.05, 3.63) is 80.6 Å². The van der Waals surface area contributed by atoms with Crippen LogP contribution in [0.3, 0.4) is 0 Å². The molecule has 0 amide bonds. The van der Waals surface area contributed by atoms with Crippen LogP contribution in [-0.2, 0) is 17.9 Å². The minimum absolute atomic E-state index is 0.362. The first-order valence-electron chi connectivity index (χ1n) is 7.91. The lowest BCUT2D eigenvalue weighted by atomic mass is 10.1. The molecule has 0 radical (unpaired) electrons. The highest BCUT2D eigenvalue weighted by Gasteiger charge is 2.28. The van der Waals surface area contributed by atoms with Gasteiger partial charge in [0.25, 0.3) is 0 Å². The number of halogens is 3. The number of alkyl halides is 3. The summed E-state index contributed by atoms with van der Waals surface area (Å²) in [7, 11) is 0. The molecule has 1 heterocycles. The standard InChI is InChI=1S/C16H14N2O3.C2HF3O2/c17-9-12-6-7-13-14(8-12)18(16(20)21-15(13)19)10-11-4-2-1-3-5-11;3-2(4,5)1(6)7/h1-8H,9-10,17H2;(H,6,7). The summed E-state index contributed by atoms with van der Waals surface area (Å²) in [4.78, 5) is 32.6. The van der Waals surface area contributed by atoms with Gasteiger partial charge in [0.05, 0.1) is 24.0 Å². The molecular weight excluding hydrogens is 381 g/mol. The summed E-state index contributed by atoms with van der Waals surface area (Å²) >= 11 is 0. The molecule has 3 rings (SSSR count). The third kappa shape index (κ3) is 5.07. The van der Waals surface area contributed by atoms with Crippen molar-refractivity contribution in [2.45, 2.75) is 19.3 Å². The van der Waals surface area contributed by atoms with Gasteiger partial charge < -0.3 is 20.1 Å². The number of nitrogens with zero attached hydrogens (tertiary/aromatic N) is 1. The normalized spacial score (nSPS) is 11.0. The SMILES string of the molecule is O=C([O-])C(F)(F)F.[NH3+]Cc1ccc2c(=O)oc(=O)n(Cc3ccccc3)c2c1. The molecule has 0 fully saturated rings. The Morgan fingerprint density at radius 3 is 2.21 bits per heavy atom. The smallest absolute Gasteiger partial charge is 0.430 e. The van der Waals surface area contributed by atoms with Crippen molar-refractivity contribution in [3.63, 3.8) is 0 Å². The molecule has 148 valence electrons. The molecule has 0 saturated heterocycles. The molecule has 3 aromatic rings. The summed E-state index contributed by atoms with van der Waals surface area (Å²) in [6.45, 7) is 0.955. The second kappa shape index (κ2) is 8.53. The van der Waals surface area contributed by atoms with Gasteiger partial charge in [0.2, 0.25) is 0 Å². The van der Waals surface area contributed by atoms with Gasteiger partial charge in [0.15, 0.2) is 0 Å². The second-order valence-corrected chi connectivity index (χ2v) is 5.61. The van der Waals surface area contributed by atoms with Crippen molar-refractivity contribution in [2.75, 3.05) is 0 Å². The fourth-order valence-corrected chi connectivity index (χ4v) is 2.33. The summed E-state index contributed by atoms with van der Waals surface area (Å²) < 4.78 is 37.8. The summed E-state index contributed by atoms with van der Waals surface area (Å²) in [6, 6.07) is 14.9. The van der Waals surface area contributed by atoms with Crippen LogP contribution < -0.4 is 22.2 Å². The predicted molar refractivity (Wildman–Crippen MR) is 89.9 cm³/mol. The number of carboxylic acid groups (broad SMARTS) is 1. The van der Waals surface area contributed by atoms with Gasteiger partial charge in [0.1, 0.15) is 5.97 Å². The maximum absolute atomic E-state index is 12.0. The average molecular weight is 396 g/mol. The molecule has 0 unspecified atom stereocenters. The Morgan fingerprint density at radius 2 is 1.68 bits per heavy atom. The summed E-state index contributed by atoms with van der Waals surface area (Å²) in [5, 5.41) is 9.19. The van der Waals surface area contributed by atoms with E-state index in [-0.39, 0.29) is 0 Å². The van der Waals surface area contributed by atoms with E-state index in [0.29, 0.717) is 24.0 Å². The average Bonchev–Trinajstić information content (AvgIpc) is 2.65. The summed E-state index contributed by atoms with van der Waals surface area (Å²) in [5.74, 6) is -3.65. The van der Waals surface area contributed by atoms with Crippen LogP contribution in [0.25, 0.3) is 10.9 Å². The van der Waals surface area contributed by atoms with E-state index in [4.69, 9.17) is 14.3 Å². The van der Waals surface area contributed by atoms with E-state index in [2.05, 4.69) is 5.73 Å². The van der Waals surface area contributed by atoms with E-state index in [0.717, 1.165) is 11.1 Å². The Balaban J connectivity index is 0.000000345. The number of fused-ring (bicyclic) bond motifs is 1. The highest BCUT2D eigenvalue weighted by Crippen LogP contribution is 2.13. The van der Waals surface area contributed by atoms with E-state index < -0.39 is 23.5 Å². The molecule has 7 nitrogen and oxygen atoms in total. The van der Waals surface area contributed by atoms with Gasteiger partial charge in [-0.3, -0.25) is 4.57 Å². The fraction of sp³-hybridized carbons (Fsp3) is 0.167. The number of aromatic nitrogens is 1. The molecule has 3 N–H and O–H groups in total. The number of carbonyl (C=O) groups is 1. The first-order valence-corrected chi connectivity index (χ1v) is 7.91. The molecule has 2 aromatic carbocycles. The van der Waals surface area contributed by atoms with Crippen molar-refractivity contribution >= 4 is 16.9 Å². The summed E-state index contributed by atoms with van der Waals surface area (Å²) in [5.41, 5.74) is 5.75. The number of rotatable bonds is 3. The third-order valence-corrected chi connectivity index (χ3v) is 3.68. The minimum Gasteiger partial charge on any atom is -0.542 e. The highest BCUT2D eigenvalue weighted by atomic mass is 19.4. The van der Waals surface area contributed by atoms with Crippen LogP contribution in [0.5, 0.6) is 0 Å². The Morgan fingerprint density at radius 1 is 1.07 bits per heavy atom. The molecular formula is C18H15F3N2O5. The minimum atomic E-state index is -5.19. The van der Waals surface area contributed by atoms with Crippen molar-refractivity contribution in [1.29, 1.82) is 0 Å². The van der Waals surface area contributed by atoms with Crippen molar-refractivity contribution in [1.82, 2.24) is 4.57 Å². The zero-order valence-electron chi connectivity index (χ0n) is 14.4. The van der Waals surface area contributed by atoms with Crippen LogP contribution in [-0.4, -0.2) is 16.7 Å². The van der Waals surface area contributed by atoms with Crippen molar-refractivity contribution in [3.8, 4) is 0 Å². The molecule has 0 aliphatic carbocycles. The molecule has 0 spiro atoms. The molecule has 0 bridgehead atoms. The Labute approximate surface area is 155 Å². The number of carboxylic acids is 1. The number of benzene rings is 2. The number of hydrogen-bond acceptors (Lipinski definition) is 5. The van der Waals surface area contributed by atoms with Gasteiger partial charge in [0, 0.05) is 5.56 Å². The largest absolute Gasteiger partial charge is 0.542 e. The molecule has 0 saturated carbocycles. The lowest BCUT2D eigenvalue weighted by Crippen LogP contribution is -2.47. The van der Waals surface area contributed by atoms with Gasteiger partial charge in [-0.05, 0) is 17.7 Å². The lowest BCUT2D eigenvalue weighted by molar-refractivity contribution is -0.386. The van der Waals surface area contributed by atoms with Crippen LogP contribution in [0.15, 0.2) is 62.5 Å². The van der Waals surface area contributed by atoms with Gasteiger partial charge in [-0.2, -0.15) is 13.2 Å². The first-order chi connectivity index (χ1) is 13.1. The number of hydrogen-bond donors (Lipinski definition) is 1. The van der Waals surface area contributed by atoms with Crippen LogP contribution >= 0.6 is 0 Å². The van der Waals surface area contributed by atoms with Crippen molar-refractivity contribution in [2.24, 2.45) is 0 Å². The Bertz CT molecular complexity index is 1090. The molecule has 10 heteroatoms. The molecule has 1 aromatic heterocycles. The van der Waals surface area contributed by atoms with Crippen LogP contribution in [0.2, 0.25) is 0 Å². The lowest BCUT2D eigenvalue weighted by Gasteiger charge is -2.09. The van der Waals surface area contributed by atoms with Gasteiger partial charge in [-0.25, -0.2) is 9.59 Å². The van der Waals surface area contributed by atoms with Gasteiger partial charge in [-0.15, -0.1) is 0 Å². The molecule has 0 aliphatic rings. The monoisotopic (exact) mass is 396 g/mol. The topological polar surface area (TPSA) is 120 Å². The molecule has 0 aliphatic heterocycles. The predicted octanol–water partition coefficient (Wildman–Crippen LogP) is 0.0435. The number of quaternary nitrogens is 1. The van der Waals surface area contributed by atoms with E-state index in [1.807, 2.05) is 42.5 Å². The maximum atomic E-state index is 12.0. The third-order valence-electron chi connectivity index (χ3n) is 3.68. The maximum Gasteiger partial charge on any atom is 0.430 e. The number of carbonyl (C=O) groups excluding carboxylic acids is 1. The van der Waals surface area contributed by atoms with E-state index in [9.17, 15) is 22.8 Å². The van der Waals surface area contributed by atoms with Crippen LogP contribution in [0.1, 0.15) is 11.1 Å². The van der Waals surface area contributed by atoms with E-state index in [1.54, 1.807) is 6.07 Å². The Hall–Kier alpha value is -3.40.